The second-order valence-electron chi connectivity index (χ2n) is 6.85. The maximum Gasteiger partial charge on any atom is 0.319 e. The molecule has 0 saturated heterocycles. The molecule has 0 saturated carbocycles. The van der Waals surface area contributed by atoms with Crippen molar-refractivity contribution in [3.05, 3.63) is 95.3 Å². The van der Waals surface area contributed by atoms with Gasteiger partial charge in [0.05, 0.1) is 0 Å². The average molecular weight is 389 g/mol. The summed E-state index contributed by atoms with van der Waals surface area (Å²) in [5.41, 5.74) is 3.93. The summed E-state index contributed by atoms with van der Waals surface area (Å²) in [6, 6.07) is 20.3. The van der Waals surface area contributed by atoms with Crippen molar-refractivity contribution < 1.29 is 14.0 Å². The molecule has 29 heavy (non-hydrogen) atoms. The summed E-state index contributed by atoms with van der Waals surface area (Å²) in [5, 5.41) is 5.53. The van der Waals surface area contributed by atoms with E-state index in [0.717, 1.165) is 23.2 Å². The molecule has 0 aromatic heterocycles. The number of hydrogen-bond acceptors (Lipinski definition) is 2. The van der Waals surface area contributed by atoms with Gasteiger partial charge in [0.2, 0.25) is 0 Å². The lowest BCUT2D eigenvalue weighted by Gasteiger charge is -2.18. The van der Waals surface area contributed by atoms with Crippen molar-refractivity contribution in [2.45, 2.75) is 13.0 Å². The van der Waals surface area contributed by atoms with Gasteiger partial charge in [-0.25, -0.2) is 9.18 Å². The average Bonchev–Trinajstić information content (AvgIpc) is 3.16. The van der Waals surface area contributed by atoms with Gasteiger partial charge in [0.25, 0.3) is 5.91 Å². The minimum Gasteiger partial charge on any atom is -0.334 e. The van der Waals surface area contributed by atoms with Gasteiger partial charge in [0, 0.05) is 30.0 Å². The number of anilines is 2. The predicted octanol–water partition coefficient (Wildman–Crippen LogP) is 4.35. The van der Waals surface area contributed by atoms with E-state index < -0.39 is 0 Å². The molecule has 146 valence electrons. The second kappa shape index (κ2) is 8.14. The SMILES string of the molecule is O=C(NCc1ccc(F)cc1)Nc1ccc2c(c1)N(C(=O)c1ccccc1)CC2. The van der Waals surface area contributed by atoms with E-state index in [1.165, 1.54) is 12.1 Å². The Bertz CT molecular complexity index is 1040. The number of nitrogens with one attached hydrogen (secondary N) is 2. The van der Waals surface area contributed by atoms with Crippen molar-refractivity contribution in [2.75, 3.05) is 16.8 Å². The summed E-state index contributed by atoms with van der Waals surface area (Å²) in [5.74, 6) is -0.367. The molecule has 6 heteroatoms. The molecule has 3 aromatic rings. The zero-order valence-corrected chi connectivity index (χ0v) is 15.7. The summed E-state index contributed by atoms with van der Waals surface area (Å²) in [6.07, 6.45) is 0.783. The van der Waals surface area contributed by atoms with Gasteiger partial charge in [-0.05, 0) is 53.9 Å². The number of halogens is 1. The third-order valence-corrected chi connectivity index (χ3v) is 4.87. The van der Waals surface area contributed by atoms with E-state index in [-0.39, 0.29) is 24.3 Å². The first-order chi connectivity index (χ1) is 14.1. The number of benzene rings is 3. The molecule has 2 N–H and O–H groups in total. The van der Waals surface area contributed by atoms with Crippen LogP contribution in [0.1, 0.15) is 21.5 Å². The van der Waals surface area contributed by atoms with Gasteiger partial charge < -0.3 is 15.5 Å². The number of hydrogen-bond donors (Lipinski definition) is 2. The number of rotatable bonds is 4. The Balaban J connectivity index is 1.43. The first kappa shape index (κ1) is 18.7. The van der Waals surface area contributed by atoms with Crippen LogP contribution in [-0.4, -0.2) is 18.5 Å². The van der Waals surface area contributed by atoms with Crippen molar-refractivity contribution in [2.24, 2.45) is 0 Å². The minimum absolute atomic E-state index is 0.0535. The molecule has 0 aliphatic carbocycles. The molecule has 0 bridgehead atoms. The molecule has 0 unspecified atom stereocenters. The van der Waals surface area contributed by atoms with E-state index in [0.29, 0.717) is 17.8 Å². The van der Waals surface area contributed by atoms with Crippen LogP contribution < -0.4 is 15.5 Å². The lowest BCUT2D eigenvalue weighted by Crippen LogP contribution is -2.29. The van der Waals surface area contributed by atoms with Crippen LogP contribution in [-0.2, 0) is 13.0 Å². The van der Waals surface area contributed by atoms with Crippen LogP contribution in [0.5, 0.6) is 0 Å². The highest BCUT2D eigenvalue weighted by Crippen LogP contribution is 2.32. The molecular weight excluding hydrogens is 369 g/mol. The van der Waals surface area contributed by atoms with Gasteiger partial charge >= 0.3 is 6.03 Å². The maximum atomic E-state index is 13.0. The third kappa shape index (κ3) is 4.27. The zero-order valence-electron chi connectivity index (χ0n) is 15.7. The number of carbonyl (C=O) groups is 2. The van der Waals surface area contributed by atoms with E-state index in [9.17, 15) is 14.0 Å². The Morgan fingerprint density at radius 1 is 0.966 bits per heavy atom. The highest BCUT2D eigenvalue weighted by molar-refractivity contribution is 6.07. The molecule has 0 spiro atoms. The Kier molecular flexibility index (Phi) is 5.24. The van der Waals surface area contributed by atoms with Gasteiger partial charge in [0.15, 0.2) is 0 Å². The highest BCUT2D eigenvalue weighted by Gasteiger charge is 2.25. The fourth-order valence-corrected chi connectivity index (χ4v) is 3.36. The van der Waals surface area contributed by atoms with E-state index in [4.69, 9.17) is 0 Å². The molecule has 3 aromatic carbocycles. The molecule has 3 amide bonds. The quantitative estimate of drug-likeness (QED) is 0.697. The molecule has 0 fully saturated rings. The lowest BCUT2D eigenvalue weighted by molar-refractivity contribution is 0.0989. The topological polar surface area (TPSA) is 61.4 Å². The molecule has 5 nitrogen and oxygen atoms in total. The van der Waals surface area contributed by atoms with Crippen LogP contribution >= 0.6 is 0 Å². The van der Waals surface area contributed by atoms with E-state index in [1.54, 1.807) is 29.2 Å². The first-order valence-electron chi connectivity index (χ1n) is 9.39. The van der Waals surface area contributed by atoms with Crippen molar-refractivity contribution >= 4 is 23.3 Å². The minimum atomic E-state index is -0.367. The van der Waals surface area contributed by atoms with Gasteiger partial charge in [0.1, 0.15) is 5.82 Å². The molecule has 0 atom stereocenters. The van der Waals surface area contributed by atoms with Crippen molar-refractivity contribution in [1.82, 2.24) is 5.32 Å². The summed E-state index contributed by atoms with van der Waals surface area (Å²) in [6.45, 7) is 0.902. The largest absolute Gasteiger partial charge is 0.334 e. The third-order valence-electron chi connectivity index (χ3n) is 4.87. The summed E-state index contributed by atoms with van der Waals surface area (Å²) < 4.78 is 13.0. The van der Waals surface area contributed by atoms with Crippen molar-refractivity contribution in [3.8, 4) is 0 Å². The normalized spacial score (nSPS) is 12.4. The zero-order chi connectivity index (χ0) is 20.2. The van der Waals surface area contributed by atoms with Gasteiger partial charge in [-0.3, -0.25) is 4.79 Å². The highest BCUT2D eigenvalue weighted by atomic mass is 19.1. The molecule has 1 aliphatic heterocycles. The van der Waals surface area contributed by atoms with Crippen molar-refractivity contribution in [3.63, 3.8) is 0 Å². The van der Waals surface area contributed by atoms with Gasteiger partial charge in [-0.2, -0.15) is 0 Å². The second-order valence-corrected chi connectivity index (χ2v) is 6.85. The Labute approximate surface area is 168 Å². The molecular formula is C23H20FN3O2. The fourth-order valence-electron chi connectivity index (χ4n) is 3.36. The Hall–Kier alpha value is -3.67. The van der Waals surface area contributed by atoms with E-state index >= 15 is 0 Å². The molecule has 4 rings (SSSR count). The Morgan fingerprint density at radius 2 is 1.72 bits per heavy atom. The van der Waals surface area contributed by atoms with Crippen LogP contribution in [0.3, 0.4) is 0 Å². The van der Waals surface area contributed by atoms with E-state index in [2.05, 4.69) is 10.6 Å². The van der Waals surface area contributed by atoms with Gasteiger partial charge in [-0.1, -0.05) is 36.4 Å². The lowest BCUT2D eigenvalue weighted by atomic mass is 10.1. The first-order valence-corrected chi connectivity index (χ1v) is 9.39. The number of amides is 3. The van der Waals surface area contributed by atoms with Crippen LogP contribution in [0, 0.1) is 5.82 Å². The number of urea groups is 1. The summed E-state index contributed by atoms with van der Waals surface area (Å²) in [7, 11) is 0. The number of fused-ring (bicyclic) bond motifs is 1. The summed E-state index contributed by atoms with van der Waals surface area (Å²) >= 11 is 0. The summed E-state index contributed by atoms with van der Waals surface area (Å²) in [4.78, 5) is 26.8. The number of carbonyl (C=O) groups excluding carboxylic acids is 2. The monoisotopic (exact) mass is 389 g/mol. The fraction of sp³-hybridized carbons (Fsp3) is 0.130. The number of nitrogens with zero attached hydrogens (tertiary/aromatic N) is 1. The molecule has 1 aliphatic rings. The smallest absolute Gasteiger partial charge is 0.319 e. The maximum absolute atomic E-state index is 13.0. The standard InChI is InChI=1S/C23H20FN3O2/c24-19-9-6-16(7-10-19)15-25-23(29)26-20-11-8-17-12-13-27(21(17)14-20)22(28)18-4-2-1-3-5-18/h1-11,14H,12-13,15H2,(H2,25,26,29). The molecule has 1 heterocycles. The molecule has 0 radical (unpaired) electrons. The van der Waals surface area contributed by atoms with Crippen LogP contribution in [0.2, 0.25) is 0 Å². The van der Waals surface area contributed by atoms with Crippen molar-refractivity contribution in [1.29, 1.82) is 0 Å². The van der Waals surface area contributed by atoms with Crippen LogP contribution in [0.15, 0.2) is 72.8 Å². The van der Waals surface area contributed by atoms with Gasteiger partial charge in [-0.15, -0.1) is 0 Å². The van der Waals surface area contributed by atoms with E-state index in [1.807, 2.05) is 36.4 Å². The van der Waals surface area contributed by atoms with Crippen LogP contribution in [0.25, 0.3) is 0 Å². The van der Waals surface area contributed by atoms with Crippen LogP contribution in [0.4, 0.5) is 20.6 Å². The Morgan fingerprint density at radius 3 is 2.48 bits per heavy atom. The predicted molar refractivity (Wildman–Crippen MR) is 111 cm³/mol.